The Balaban J connectivity index is 2.20. The fraction of sp³-hybridized carbons (Fsp3) is 0.0667. The van der Waals surface area contributed by atoms with Crippen molar-refractivity contribution < 1.29 is 9.18 Å². The topological polar surface area (TPSA) is 41.5 Å². The van der Waals surface area contributed by atoms with Crippen LogP contribution in [0.4, 0.5) is 10.1 Å². The number of fused-ring (bicyclic) bond motifs is 1. The van der Waals surface area contributed by atoms with E-state index in [0.29, 0.717) is 17.0 Å². The molecule has 0 saturated carbocycles. The molecular formula is C15H11FN2O. The highest BCUT2D eigenvalue weighted by Crippen LogP contribution is 2.23. The van der Waals surface area contributed by atoms with Crippen LogP contribution in [0.2, 0.25) is 0 Å². The average molecular weight is 253 g/mol. The maximum absolute atomic E-state index is 13.4. The number of rotatable bonds is 1. The van der Waals surface area contributed by atoms with Crippen LogP contribution < -0.4 is 5.32 Å². The van der Waals surface area contributed by atoms with E-state index >= 15 is 0 Å². The highest BCUT2D eigenvalue weighted by molar-refractivity contribution is 6.19. The van der Waals surface area contributed by atoms with Gasteiger partial charge in [-0.3, -0.25) is 9.79 Å². The number of anilines is 1. The van der Waals surface area contributed by atoms with Crippen LogP contribution in [-0.4, -0.2) is 18.2 Å². The summed E-state index contributed by atoms with van der Waals surface area (Å²) in [5.41, 5.74) is 2.70. The molecule has 0 aromatic heterocycles. The third-order valence-corrected chi connectivity index (χ3v) is 2.94. The fourth-order valence-corrected chi connectivity index (χ4v) is 2.09. The summed E-state index contributed by atoms with van der Waals surface area (Å²) >= 11 is 0. The second-order valence-corrected chi connectivity index (χ2v) is 4.27. The maximum atomic E-state index is 13.4. The monoisotopic (exact) mass is 253 g/mol. The molecule has 1 aliphatic rings. The van der Waals surface area contributed by atoms with Crippen LogP contribution in [0.15, 0.2) is 53.5 Å². The van der Waals surface area contributed by atoms with Crippen molar-refractivity contribution in [1.29, 1.82) is 0 Å². The number of aliphatic imine (C=N–C) groups is 1. The number of nitrogens with one attached hydrogen (secondary N) is 1. The van der Waals surface area contributed by atoms with Gasteiger partial charge in [-0.2, -0.15) is 0 Å². The minimum absolute atomic E-state index is 0.0422. The lowest BCUT2D eigenvalue weighted by Gasteiger charge is -2.09. The summed E-state index contributed by atoms with van der Waals surface area (Å²) in [7, 11) is 0. The van der Waals surface area contributed by atoms with Crippen LogP contribution in [-0.2, 0) is 4.79 Å². The van der Waals surface area contributed by atoms with Crippen molar-refractivity contribution in [2.45, 2.75) is 0 Å². The molecule has 3 rings (SSSR count). The molecule has 0 radical (unpaired) electrons. The Kier molecular flexibility index (Phi) is 2.83. The number of hydrogen-bond donors (Lipinski definition) is 1. The van der Waals surface area contributed by atoms with E-state index in [1.54, 1.807) is 6.07 Å². The van der Waals surface area contributed by atoms with Gasteiger partial charge in [0.1, 0.15) is 12.4 Å². The van der Waals surface area contributed by atoms with Gasteiger partial charge in [0.25, 0.3) is 0 Å². The van der Waals surface area contributed by atoms with Crippen molar-refractivity contribution in [2.75, 3.05) is 11.9 Å². The maximum Gasteiger partial charge on any atom is 0.246 e. The Bertz CT molecular complexity index is 665. The standard InChI is InChI=1S/C15H11FN2O/c16-11-6-7-13-12(8-11)15(17-9-14(19)18-13)10-4-2-1-3-5-10/h1-8H,9H2,(H,18,19)/i16-1. The predicted octanol–water partition coefficient (Wildman–Crippen LogP) is 2.62. The summed E-state index contributed by atoms with van der Waals surface area (Å²) < 4.78 is 13.4. The summed E-state index contributed by atoms with van der Waals surface area (Å²) in [5.74, 6) is -0.544. The van der Waals surface area contributed by atoms with Gasteiger partial charge in [0.2, 0.25) is 5.91 Å². The molecule has 3 nitrogen and oxygen atoms in total. The molecule has 0 fully saturated rings. The summed E-state index contributed by atoms with van der Waals surface area (Å²) in [6, 6.07) is 13.7. The van der Waals surface area contributed by atoms with Crippen LogP contribution in [0.3, 0.4) is 0 Å². The first kappa shape index (κ1) is 11.6. The number of benzene rings is 2. The molecule has 4 heteroatoms. The van der Waals surface area contributed by atoms with Crippen molar-refractivity contribution in [1.82, 2.24) is 0 Å². The lowest BCUT2D eigenvalue weighted by molar-refractivity contribution is -0.114. The molecule has 0 spiro atoms. The Morgan fingerprint density at radius 3 is 2.68 bits per heavy atom. The number of carbonyl (C=O) groups is 1. The molecule has 1 amide bonds. The number of nitrogens with zero attached hydrogens (tertiary/aromatic N) is 1. The summed E-state index contributed by atoms with van der Waals surface area (Å²) in [5, 5.41) is 2.73. The van der Waals surface area contributed by atoms with E-state index in [0.717, 1.165) is 5.56 Å². The van der Waals surface area contributed by atoms with E-state index < -0.39 is 0 Å². The molecular weight excluding hydrogens is 242 g/mol. The second kappa shape index (κ2) is 4.65. The molecule has 0 atom stereocenters. The van der Waals surface area contributed by atoms with E-state index in [2.05, 4.69) is 10.3 Å². The minimum atomic E-state index is -0.349. The van der Waals surface area contributed by atoms with Gasteiger partial charge in [0, 0.05) is 11.1 Å². The van der Waals surface area contributed by atoms with Gasteiger partial charge in [-0.05, 0) is 18.2 Å². The van der Waals surface area contributed by atoms with Crippen molar-refractivity contribution in [3.05, 3.63) is 65.5 Å². The first-order valence-electron chi connectivity index (χ1n) is 5.94. The van der Waals surface area contributed by atoms with Crippen molar-refractivity contribution >= 4 is 17.3 Å². The SMILES string of the molecule is O=C1CN=C(c2ccccc2)c2cc([18F])ccc2N1. The summed E-state index contributed by atoms with van der Waals surface area (Å²) in [6.45, 7) is 0.0422. The van der Waals surface area contributed by atoms with Crippen LogP contribution >= 0.6 is 0 Å². The molecule has 0 aliphatic carbocycles. The van der Waals surface area contributed by atoms with Crippen LogP contribution in [0.5, 0.6) is 0 Å². The molecule has 1 heterocycles. The normalized spacial score (nSPS) is 14.2. The number of benzodiazepines with no additional fused rings is 1. The van der Waals surface area contributed by atoms with Gasteiger partial charge >= 0.3 is 0 Å². The van der Waals surface area contributed by atoms with Gasteiger partial charge in [-0.15, -0.1) is 0 Å². The highest BCUT2D eigenvalue weighted by Gasteiger charge is 2.18. The smallest absolute Gasteiger partial charge is 0.246 e. The van der Waals surface area contributed by atoms with Gasteiger partial charge in [0.15, 0.2) is 0 Å². The zero-order chi connectivity index (χ0) is 13.2. The van der Waals surface area contributed by atoms with E-state index in [9.17, 15) is 9.18 Å². The number of hydrogen-bond acceptors (Lipinski definition) is 2. The zero-order valence-electron chi connectivity index (χ0n) is 10.1. The van der Waals surface area contributed by atoms with Crippen molar-refractivity contribution in [2.24, 2.45) is 4.99 Å². The molecule has 94 valence electrons. The quantitative estimate of drug-likeness (QED) is 0.834. The molecule has 0 unspecified atom stereocenters. The molecule has 1 N–H and O–H groups in total. The lowest BCUT2D eigenvalue weighted by Crippen LogP contribution is -2.13. The Morgan fingerprint density at radius 2 is 1.89 bits per heavy atom. The largest absolute Gasteiger partial charge is 0.324 e. The van der Waals surface area contributed by atoms with E-state index in [1.807, 2.05) is 30.3 Å². The van der Waals surface area contributed by atoms with Crippen molar-refractivity contribution in [3.63, 3.8) is 0 Å². The molecule has 1 aliphatic heterocycles. The molecule has 0 bridgehead atoms. The minimum Gasteiger partial charge on any atom is -0.324 e. The van der Waals surface area contributed by atoms with Crippen LogP contribution in [0, 0.1) is 5.82 Å². The van der Waals surface area contributed by atoms with E-state index in [4.69, 9.17) is 0 Å². The van der Waals surface area contributed by atoms with Crippen LogP contribution in [0.1, 0.15) is 11.1 Å². The van der Waals surface area contributed by atoms with Crippen molar-refractivity contribution in [3.8, 4) is 0 Å². The molecule has 19 heavy (non-hydrogen) atoms. The van der Waals surface area contributed by atoms with Gasteiger partial charge in [0.05, 0.1) is 11.4 Å². The zero-order valence-corrected chi connectivity index (χ0v) is 10.1. The molecule has 0 saturated heterocycles. The van der Waals surface area contributed by atoms with Crippen LogP contribution in [0.25, 0.3) is 0 Å². The fourth-order valence-electron chi connectivity index (χ4n) is 2.09. The second-order valence-electron chi connectivity index (χ2n) is 4.27. The Morgan fingerprint density at radius 1 is 1.11 bits per heavy atom. The molecule has 2 aromatic rings. The number of amides is 1. The Labute approximate surface area is 109 Å². The lowest BCUT2D eigenvalue weighted by atomic mass is 10.0. The molecule has 2 aromatic carbocycles. The first-order valence-corrected chi connectivity index (χ1v) is 5.94. The predicted molar refractivity (Wildman–Crippen MR) is 72.0 cm³/mol. The number of halogens is 1. The third-order valence-electron chi connectivity index (χ3n) is 2.94. The third kappa shape index (κ3) is 2.25. The number of carbonyl (C=O) groups excluding carboxylic acids is 1. The summed E-state index contributed by atoms with van der Waals surface area (Å²) in [6.07, 6.45) is 0. The van der Waals surface area contributed by atoms with Gasteiger partial charge < -0.3 is 5.32 Å². The van der Waals surface area contributed by atoms with Gasteiger partial charge in [-0.1, -0.05) is 30.3 Å². The summed E-state index contributed by atoms with van der Waals surface area (Å²) in [4.78, 5) is 15.9. The van der Waals surface area contributed by atoms with E-state index in [-0.39, 0.29) is 18.3 Å². The van der Waals surface area contributed by atoms with Gasteiger partial charge in [-0.25, -0.2) is 4.39 Å². The van der Waals surface area contributed by atoms with E-state index in [1.165, 1.54) is 12.1 Å². The Hall–Kier alpha value is -2.49. The highest BCUT2D eigenvalue weighted by atomic mass is 18.2. The first-order chi connectivity index (χ1) is 9.24. The average Bonchev–Trinajstić information content (AvgIpc) is 2.58.